The average Bonchev–Trinajstić information content (AvgIpc) is 2.53. The molecule has 1 atom stereocenters. The third kappa shape index (κ3) is 2.46. The number of nitrogens with zero attached hydrogens (tertiary/aromatic N) is 1. The van der Waals surface area contributed by atoms with Crippen LogP contribution in [0.25, 0.3) is 0 Å². The maximum atomic E-state index is 12.5. The molecule has 0 saturated carbocycles. The molecule has 5 heteroatoms. The zero-order valence-corrected chi connectivity index (χ0v) is 12.7. The van der Waals surface area contributed by atoms with Gasteiger partial charge in [-0.05, 0) is 35.9 Å². The minimum atomic E-state index is -0.971. The van der Waals surface area contributed by atoms with Gasteiger partial charge in [-0.25, -0.2) is 4.79 Å². The Morgan fingerprint density at radius 3 is 2.64 bits per heavy atom. The first-order valence-corrected chi connectivity index (χ1v) is 7.23. The van der Waals surface area contributed by atoms with Crippen molar-refractivity contribution < 1.29 is 14.3 Å². The average molecular weight is 316 g/mol. The van der Waals surface area contributed by atoms with Crippen LogP contribution in [-0.2, 0) is 20.7 Å². The number of anilines is 2. The SMILES string of the molecule is COC(=O)C1C(=O)Cc2cc(Cl)ccc2N1c1ccccc1. The van der Waals surface area contributed by atoms with Gasteiger partial charge >= 0.3 is 5.97 Å². The molecule has 0 N–H and O–H groups in total. The summed E-state index contributed by atoms with van der Waals surface area (Å²) in [4.78, 5) is 26.3. The van der Waals surface area contributed by atoms with Crippen molar-refractivity contribution >= 4 is 34.7 Å². The number of ketones is 1. The zero-order chi connectivity index (χ0) is 15.7. The molecular weight excluding hydrogens is 302 g/mol. The highest BCUT2D eigenvalue weighted by molar-refractivity contribution is 6.30. The molecule has 112 valence electrons. The van der Waals surface area contributed by atoms with Crippen LogP contribution in [0.4, 0.5) is 11.4 Å². The lowest BCUT2D eigenvalue weighted by Gasteiger charge is -2.36. The Morgan fingerprint density at radius 1 is 1.23 bits per heavy atom. The van der Waals surface area contributed by atoms with Crippen LogP contribution in [0, 0.1) is 0 Å². The standard InChI is InChI=1S/C17H14ClNO3/c1-22-17(21)16-15(20)10-11-9-12(18)7-8-14(11)19(16)13-5-3-2-4-6-13/h2-9,16H,10H2,1H3. The summed E-state index contributed by atoms with van der Waals surface area (Å²) in [7, 11) is 1.29. The first-order chi connectivity index (χ1) is 10.6. The van der Waals surface area contributed by atoms with Gasteiger partial charge in [0.1, 0.15) is 0 Å². The fourth-order valence-electron chi connectivity index (χ4n) is 2.72. The Labute approximate surface area is 133 Å². The van der Waals surface area contributed by atoms with Gasteiger partial charge in [0.2, 0.25) is 0 Å². The number of fused-ring (bicyclic) bond motifs is 1. The largest absolute Gasteiger partial charge is 0.467 e. The summed E-state index contributed by atoms with van der Waals surface area (Å²) in [5.74, 6) is -0.764. The van der Waals surface area contributed by atoms with Crippen LogP contribution in [0.2, 0.25) is 5.02 Å². The molecule has 1 heterocycles. The number of rotatable bonds is 2. The molecule has 0 saturated heterocycles. The number of ether oxygens (including phenoxy) is 1. The summed E-state index contributed by atoms with van der Waals surface area (Å²) < 4.78 is 4.82. The number of carbonyl (C=O) groups is 2. The molecule has 1 unspecified atom stereocenters. The molecule has 0 spiro atoms. The number of hydrogen-bond donors (Lipinski definition) is 0. The number of esters is 1. The summed E-state index contributed by atoms with van der Waals surface area (Å²) >= 11 is 6.02. The predicted molar refractivity (Wildman–Crippen MR) is 84.5 cm³/mol. The first-order valence-electron chi connectivity index (χ1n) is 6.85. The number of carbonyl (C=O) groups excluding carboxylic acids is 2. The van der Waals surface area contributed by atoms with E-state index < -0.39 is 12.0 Å². The lowest BCUT2D eigenvalue weighted by molar-refractivity contribution is -0.145. The minimum absolute atomic E-state index is 0.166. The number of benzene rings is 2. The van der Waals surface area contributed by atoms with E-state index in [9.17, 15) is 9.59 Å². The molecule has 4 nitrogen and oxygen atoms in total. The number of methoxy groups -OCH3 is 1. The van der Waals surface area contributed by atoms with E-state index in [0.29, 0.717) is 5.02 Å². The molecule has 0 amide bonds. The second-order valence-electron chi connectivity index (χ2n) is 5.05. The van der Waals surface area contributed by atoms with E-state index in [4.69, 9.17) is 16.3 Å². The van der Waals surface area contributed by atoms with Gasteiger partial charge in [0, 0.05) is 22.8 Å². The molecule has 0 radical (unpaired) electrons. The minimum Gasteiger partial charge on any atom is -0.467 e. The molecule has 2 aromatic rings. The fraction of sp³-hybridized carbons (Fsp3) is 0.176. The Hall–Kier alpha value is -2.33. The van der Waals surface area contributed by atoms with E-state index in [1.54, 1.807) is 17.0 Å². The van der Waals surface area contributed by atoms with Crippen molar-refractivity contribution in [3.63, 3.8) is 0 Å². The number of halogens is 1. The van der Waals surface area contributed by atoms with Gasteiger partial charge in [-0.2, -0.15) is 0 Å². The molecule has 0 aromatic heterocycles. The van der Waals surface area contributed by atoms with E-state index in [1.165, 1.54) is 7.11 Å². The monoisotopic (exact) mass is 315 g/mol. The zero-order valence-electron chi connectivity index (χ0n) is 12.0. The van der Waals surface area contributed by atoms with Crippen LogP contribution in [0.5, 0.6) is 0 Å². The van der Waals surface area contributed by atoms with Crippen molar-refractivity contribution in [3.8, 4) is 0 Å². The number of Topliss-reactive ketones (excluding diaryl/α,β-unsaturated/α-hetero) is 1. The first kappa shape index (κ1) is 14.6. The molecule has 22 heavy (non-hydrogen) atoms. The van der Waals surface area contributed by atoms with Crippen molar-refractivity contribution in [2.45, 2.75) is 12.5 Å². The predicted octanol–water partition coefficient (Wildman–Crippen LogP) is 3.14. The molecule has 0 fully saturated rings. The lowest BCUT2D eigenvalue weighted by Crippen LogP contribution is -2.48. The Kier molecular flexibility index (Phi) is 3.86. The Morgan fingerprint density at radius 2 is 1.95 bits per heavy atom. The van der Waals surface area contributed by atoms with Crippen molar-refractivity contribution in [1.82, 2.24) is 0 Å². The van der Waals surface area contributed by atoms with Crippen LogP contribution in [0.1, 0.15) is 5.56 Å². The summed E-state index contributed by atoms with van der Waals surface area (Å²) in [6, 6.07) is 13.7. The van der Waals surface area contributed by atoms with E-state index in [2.05, 4.69) is 0 Å². The molecular formula is C17H14ClNO3. The van der Waals surface area contributed by atoms with E-state index in [-0.39, 0.29) is 12.2 Å². The molecule has 0 bridgehead atoms. The summed E-state index contributed by atoms with van der Waals surface area (Å²) in [5, 5.41) is 0.566. The Bertz CT molecular complexity index is 730. The number of para-hydroxylation sites is 1. The van der Waals surface area contributed by atoms with Gasteiger partial charge in [0.15, 0.2) is 11.8 Å². The van der Waals surface area contributed by atoms with Gasteiger partial charge in [-0.15, -0.1) is 0 Å². The second kappa shape index (κ2) is 5.81. The van der Waals surface area contributed by atoms with E-state index in [0.717, 1.165) is 16.9 Å². The summed E-state index contributed by atoms with van der Waals surface area (Å²) in [6.45, 7) is 0. The summed E-state index contributed by atoms with van der Waals surface area (Å²) in [5.41, 5.74) is 2.36. The molecule has 2 aromatic carbocycles. The smallest absolute Gasteiger partial charge is 0.336 e. The van der Waals surface area contributed by atoms with Gasteiger partial charge in [0.25, 0.3) is 0 Å². The highest BCUT2D eigenvalue weighted by Crippen LogP contribution is 2.37. The highest BCUT2D eigenvalue weighted by Gasteiger charge is 2.39. The van der Waals surface area contributed by atoms with Gasteiger partial charge in [-0.1, -0.05) is 29.8 Å². The van der Waals surface area contributed by atoms with Crippen molar-refractivity contribution in [2.24, 2.45) is 0 Å². The van der Waals surface area contributed by atoms with Crippen LogP contribution in [0.15, 0.2) is 48.5 Å². The van der Waals surface area contributed by atoms with Crippen molar-refractivity contribution in [2.75, 3.05) is 12.0 Å². The fourth-order valence-corrected chi connectivity index (χ4v) is 2.92. The normalized spacial score (nSPS) is 17.1. The molecule has 1 aliphatic heterocycles. The van der Waals surface area contributed by atoms with Gasteiger partial charge in [0.05, 0.1) is 7.11 Å². The van der Waals surface area contributed by atoms with Crippen molar-refractivity contribution in [3.05, 3.63) is 59.1 Å². The Balaban J connectivity index is 2.19. The number of hydrogen-bond acceptors (Lipinski definition) is 4. The molecule has 1 aliphatic rings. The van der Waals surface area contributed by atoms with Gasteiger partial charge < -0.3 is 9.64 Å². The van der Waals surface area contributed by atoms with Crippen LogP contribution < -0.4 is 4.90 Å². The summed E-state index contributed by atoms with van der Waals surface area (Å²) in [6.07, 6.45) is 0.166. The van der Waals surface area contributed by atoms with Crippen molar-refractivity contribution in [1.29, 1.82) is 0 Å². The third-order valence-corrected chi connectivity index (χ3v) is 3.92. The second-order valence-corrected chi connectivity index (χ2v) is 5.48. The highest BCUT2D eigenvalue weighted by atomic mass is 35.5. The van der Waals surface area contributed by atoms with Crippen LogP contribution >= 0.6 is 11.6 Å². The van der Waals surface area contributed by atoms with Crippen LogP contribution in [0.3, 0.4) is 0 Å². The van der Waals surface area contributed by atoms with E-state index >= 15 is 0 Å². The lowest BCUT2D eigenvalue weighted by atomic mass is 9.93. The van der Waals surface area contributed by atoms with E-state index in [1.807, 2.05) is 36.4 Å². The molecule has 3 rings (SSSR count). The third-order valence-electron chi connectivity index (χ3n) is 3.69. The quantitative estimate of drug-likeness (QED) is 0.631. The molecule has 0 aliphatic carbocycles. The maximum absolute atomic E-state index is 12.5. The topological polar surface area (TPSA) is 46.6 Å². The van der Waals surface area contributed by atoms with Gasteiger partial charge in [-0.3, -0.25) is 4.79 Å². The van der Waals surface area contributed by atoms with Crippen LogP contribution in [-0.4, -0.2) is 24.9 Å². The maximum Gasteiger partial charge on any atom is 0.336 e.